The summed E-state index contributed by atoms with van der Waals surface area (Å²) >= 11 is 3.38. The normalized spacial score (nSPS) is 21.3. The Morgan fingerprint density at radius 3 is 2.93 bits per heavy atom. The standard InChI is InChI=1S/C12H14BrNO/c13-10-5-3-4-9(8-10)12(15)11-6-1-2-7-14-11/h3-5,8,11,14H,1-2,6-7H2. The minimum Gasteiger partial charge on any atom is -0.307 e. The van der Waals surface area contributed by atoms with E-state index in [0.29, 0.717) is 0 Å². The Kier molecular flexibility index (Phi) is 3.54. The third kappa shape index (κ3) is 2.67. The molecule has 0 aliphatic carbocycles. The predicted octanol–water partition coefficient (Wildman–Crippen LogP) is 2.77. The lowest BCUT2D eigenvalue weighted by atomic mass is 9.96. The molecule has 1 N–H and O–H groups in total. The molecule has 0 saturated carbocycles. The van der Waals surface area contributed by atoms with Gasteiger partial charge in [0.1, 0.15) is 0 Å². The number of nitrogens with one attached hydrogen (secondary N) is 1. The van der Waals surface area contributed by atoms with E-state index in [4.69, 9.17) is 0 Å². The van der Waals surface area contributed by atoms with Gasteiger partial charge in [0, 0.05) is 10.0 Å². The summed E-state index contributed by atoms with van der Waals surface area (Å²) in [5, 5.41) is 3.27. The van der Waals surface area contributed by atoms with Crippen LogP contribution in [-0.4, -0.2) is 18.4 Å². The molecule has 0 bridgehead atoms. The molecule has 1 aliphatic heterocycles. The zero-order chi connectivity index (χ0) is 10.7. The van der Waals surface area contributed by atoms with Crippen molar-refractivity contribution in [2.45, 2.75) is 25.3 Å². The van der Waals surface area contributed by atoms with Gasteiger partial charge in [0.25, 0.3) is 0 Å². The molecule has 0 spiro atoms. The Morgan fingerprint density at radius 1 is 1.40 bits per heavy atom. The van der Waals surface area contributed by atoms with Gasteiger partial charge in [-0.05, 0) is 31.5 Å². The summed E-state index contributed by atoms with van der Waals surface area (Å²) in [6.07, 6.45) is 3.30. The smallest absolute Gasteiger partial charge is 0.179 e. The number of rotatable bonds is 2. The fourth-order valence-corrected chi connectivity index (χ4v) is 2.32. The lowest BCUT2D eigenvalue weighted by Gasteiger charge is -2.22. The van der Waals surface area contributed by atoms with Crippen LogP contribution in [0.5, 0.6) is 0 Å². The number of ketones is 1. The average Bonchev–Trinajstić information content (AvgIpc) is 2.29. The van der Waals surface area contributed by atoms with Crippen molar-refractivity contribution < 1.29 is 4.79 Å². The fourth-order valence-electron chi connectivity index (χ4n) is 1.92. The van der Waals surface area contributed by atoms with Crippen LogP contribution < -0.4 is 5.32 Å². The molecule has 0 aromatic heterocycles. The van der Waals surface area contributed by atoms with Gasteiger partial charge in [0.15, 0.2) is 5.78 Å². The lowest BCUT2D eigenvalue weighted by molar-refractivity contribution is 0.0927. The molecule has 2 nitrogen and oxygen atoms in total. The first-order valence-electron chi connectivity index (χ1n) is 5.30. The van der Waals surface area contributed by atoms with Gasteiger partial charge in [-0.25, -0.2) is 0 Å². The first-order chi connectivity index (χ1) is 7.27. The number of benzene rings is 1. The molecular formula is C12H14BrNO. The molecule has 1 unspecified atom stereocenters. The second-order valence-corrected chi connectivity index (χ2v) is 4.79. The molecule has 1 heterocycles. The van der Waals surface area contributed by atoms with Crippen LogP contribution in [0, 0.1) is 0 Å². The topological polar surface area (TPSA) is 29.1 Å². The van der Waals surface area contributed by atoms with E-state index in [9.17, 15) is 4.79 Å². The van der Waals surface area contributed by atoms with Crippen molar-refractivity contribution in [1.82, 2.24) is 5.32 Å². The van der Waals surface area contributed by atoms with Crippen molar-refractivity contribution in [3.05, 3.63) is 34.3 Å². The number of hydrogen-bond donors (Lipinski definition) is 1. The summed E-state index contributed by atoms with van der Waals surface area (Å²) in [6, 6.07) is 7.63. The Morgan fingerprint density at radius 2 is 2.27 bits per heavy atom. The highest BCUT2D eigenvalue weighted by molar-refractivity contribution is 9.10. The van der Waals surface area contributed by atoms with E-state index < -0.39 is 0 Å². The highest BCUT2D eigenvalue weighted by Gasteiger charge is 2.21. The maximum Gasteiger partial charge on any atom is 0.179 e. The van der Waals surface area contributed by atoms with Gasteiger partial charge in [-0.3, -0.25) is 4.79 Å². The van der Waals surface area contributed by atoms with Crippen LogP contribution in [0.1, 0.15) is 29.6 Å². The van der Waals surface area contributed by atoms with E-state index in [1.165, 1.54) is 6.42 Å². The van der Waals surface area contributed by atoms with Crippen molar-refractivity contribution >= 4 is 21.7 Å². The van der Waals surface area contributed by atoms with Crippen LogP contribution >= 0.6 is 15.9 Å². The SMILES string of the molecule is O=C(c1cccc(Br)c1)C1CCCCN1. The molecule has 1 saturated heterocycles. The number of piperidine rings is 1. The second-order valence-electron chi connectivity index (χ2n) is 3.88. The van der Waals surface area contributed by atoms with Crippen LogP contribution in [0.25, 0.3) is 0 Å². The molecule has 1 aromatic carbocycles. The number of Topliss-reactive ketones (excluding diaryl/α,β-unsaturated/α-hetero) is 1. The highest BCUT2D eigenvalue weighted by atomic mass is 79.9. The molecule has 1 aliphatic rings. The quantitative estimate of drug-likeness (QED) is 0.836. The van der Waals surface area contributed by atoms with Crippen LogP contribution in [-0.2, 0) is 0 Å². The van der Waals surface area contributed by atoms with Crippen LogP contribution in [0.2, 0.25) is 0 Å². The maximum absolute atomic E-state index is 12.1. The van der Waals surface area contributed by atoms with E-state index in [1.807, 2.05) is 24.3 Å². The fraction of sp³-hybridized carbons (Fsp3) is 0.417. The third-order valence-electron chi connectivity index (χ3n) is 2.74. The Hall–Kier alpha value is -0.670. The van der Waals surface area contributed by atoms with E-state index in [0.717, 1.165) is 29.4 Å². The van der Waals surface area contributed by atoms with E-state index in [1.54, 1.807) is 0 Å². The Labute approximate surface area is 98.2 Å². The molecule has 1 aromatic rings. The third-order valence-corrected chi connectivity index (χ3v) is 3.23. The van der Waals surface area contributed by atoms with Gasteiger partial charge >= 0.3 is 0 Å². The lowest BCUT2D eigenvalue weighted by Crippen LogP contribution is -2.40. The highest BCUT2D eigenvalue weighted by Crippen LogP contribution is 2.16. The summed E-state index contributed by atoms with van der Waals surface area (Å²) < 4.78 is 0.962. The van der Waals surface area contributed by atoms with Crippen LogP contribution in [0.3, 0.4) is 0 Å². The average molecular weight is 268 g/mol. The Bertz CT molecular complexity index is 358. The minimum atomic E-state index is 0.0213. The number of hydrogen-bond acceptors (Lipinski definition) is 2. The largest absolute Gasteiger partial charge is 0.307 e. The molecule has 2 rings (SSSR count). The van der Waals surface area contributed by atoms with Crippen LogP contribution in [0.15, 0.2) is 28.7 Å². The van der Waals surface area contributed by atoms with Crippen molar-refractivity contribution in [3.63, 3.8) is 0 Å². The molecule has 3 heteroatoms. The first-order valence-corrected chi connectivity index (χ1v) is 6.10. The molecule has 1 atom stereocenters. The van der Waals surface area contributed by atoms with E-state index in [2.05, 4.69) is 21.2 Å². The molecule has 80 valence electrons. The molecular weight excluding hydrogens is 254 g/mol. The summed E-state index contributed by atoms with van der Waals surface area (Å²) in [6.45, 7) is 0.963. The van der Waals surface area contributed by atoms with Crippen molar-refractivity contribution in [3.8, 4) is 0 Å². The van der Waals surface area contributed by atoms with Gasteiger partial charge in [-0.1, -0.05) is 34.5 Å². The number of carbonyl (C=O) groups excluding carboxylic acids is 1. The van der Waals surface area contributed by atoms with Gasteiger partial charge in [0.2, 0.25) is 0 Å². The van der Waals surface area contributed by atoms with E-state index in [-0.39, 0.29) is 11.8 Å². The Balaban J connectivity index is 2.12. The molecule has 15 heavy (non-hydrogen) atoms. The number of halogens is 1. The van der Waals surface area contributed by atoms with Gasteiger partial charge in [-0.15, -0.1) is 0 Å². The van der Waals surface area contributed by atoms with Crippen molar-refractivity contribution in [1.29, 1.82) is 0 Å². The molecule has 0 amide bonds. The summed E-state index contributed by atoms with van der Waals surface area (Å²) in [5.74, 6) is 0.219. The zero-order valence-corrected chi connectivity index (χ0v) is 10.1. The van der Waals surface area contributed by atoms with Gasteiger partial charge < -0.3 is 5.32 Å². The van der Waals surface area contributed by atoms with Gasteiger partial charge in [-0.2, -0.15) is 0 Å². The molecule has 1 fully saturated rings. The predicted molar refractivity (Wildman–Crippen MR) is 64.1 cm³/mol. The van der Waals surface area contributed by atoms with Crippen molar-refractivity contribution in [2.75, 3.05) is 6.54 Å². The van der Waals surface area contributed by atoms with Crippen LogP contribution in [0.4, 0.5) is 0 Å². The van der Waals surface area contributed by atoms with Gasteiger partial charge in [0.05, 0.1) is 6.04 Å². The van der Waals surface area contributed by atoms with Crippen molar-refractivity contribution in [2.24, 2.45) is 0 Å². The second kappa shape index (κ2) is 4.90. The number of carbonyl (C=O) groups is 1. The summed E-state index contributed by atoms with van der Waals surface area (Å²) in [5.41, 5.74) is 0.795. The zero-order valence-electron chi connectivity index (χ0n) is 8.50. The monoisotopic (exact) mass is 267 g/mol. The minimum absolute atomic E-state index is 0.0213. The van der Waals surface area contributed by atoms with E-state index >= 15 is 0 Å². The summed E-state index contributed by atoms with van der Waals surface area (Å²) in [7, 11) is 0. The molecule has 0 radical (unpaired) electrons. The first kappa shape index (κ1) is 10.8. The summed E-state index contributed by atoms with van der Waals surface area (Å²) in [4.78, 5) is 12.1. The maximum atomic E-state index is 12.1.